The summed E-state index contributed by atoms with van der Waals surface area (Å²) in [7, 11) is 0. The van der Waals surface area contributed by atoms with Gasteiger partial charge in [-0.2, -0.15) is 10.1 Å². The summed E-state index contributed by atoms with van der Waals surface area (Å²) in [5, 5.41) is 11.1. The lowest BCUT2D eigenvalue weighted by Gasteiger charge is -2.12. The van der Waals surface area contributed by atoms with Crippen LogP contribution in [0, 0.1) is 0 Å². The Bertz CT molecular complexity index is 990. The predicted octanol–water partition coefficient (Wildman–Crippen LogP) is 2.02. The zero-order valence-corrected chi connectivity index (χ0v) is 14.7. The summed E-state index contributed by atoms with van der Waals surface area (Å²) in [4.78, 5) is 28.6. The number of nitrogens with one attached hydrogen (secondary N) is 1. The first kappa shape index (κ1) is 17.1. The van der Waals surface area contributed by atoms with Crippen LogP contribution in [0.25, 0.3) is 23.0 Å². The molecular formula is C19H19N5O3. The average Bonchev–Trinajstić information content (AvgIpc) is 3.36. The molecule has 4 rings (SSSR count). The molecule has 1 saturated carbocycles. The van der Waals surface area contributed by atoms with Gasteiger partial charge in [0.2, 0.25) is 11.7 Å². The molecule has 1 aliphatic rings. The second-order valence-electron chi connectivity index (χ2n) is 6.55. The zero-order chi connectivity index (χ0) is 18.6. The Morgan fingerprint density at radius 1 is 1.15 bits per heavy atom. The molecule has 2 heterocycles. The first-order valence-electron chi connectivity index (χ1n) is 8.96. The first-order valence-corrected chi connectivity index (χ1v) is 8.96. The lowest BCUT2D eigenvalue weighted by Crippen LogP contribution is -2.38. The molecule has 0 unspecified atom stereocenters. The molecule has 0 saturated heterocycles. The number of carbonyl (C=O) groups is 1. The third kappa shape index (κ3) is 3.94. The van der Waals surface area contributed by atoms with Crippen LogP contribution >= 0.6 is 0 Å². The van der Waals surface area contributed by atoms with Gasteiger partial charge in [-0.3, -0.25) is 9.59 Å². The van der Waals surface area contributed by atoms with Crippen molar-refractivity contribution >= 4 is 5.91 Å². The van der Waals surface area contributed by atoms with Gasteiger partial charge in [0.1, 0.15) is 12.2 Å². The molecule has 2 aromatic heterocycles. The van der Waals surface area contributed by atoms with E-state index in [1.165, 1.54) is 12.1 Å². The maximum absolute atomic E-state index is 12.2. The highest BCUT2D eigenvalue weighted by Gasteiger charge is 2.18. The van der Waals surface area contributed by atoms with Gasteiger partial charge in [-0.1, -0.05) is 48.3 Å². The van der Waals surface area contributed by atoms with Gasteiger partial charge in [-0.15, -0.1) is 0 Å². The number of hydrogen-bond donors (Lipinski definition) is 1. The van der Waals surface area contributed by atoms with Crippen LogP contribution in [0.5, 0.6) is 0 Å². The molecule has 0 aliphatic heterocycles. The predicted molar refractivity (Wildman–Crippen MR) is 97.6 cm³/mol. The number of amides is 1. The van der Waals surface area contributed by atoms with E-state index < -0.39 is 0 Å². The maximum Gasteiger partial charge on any atom is 0.278 e. The Morgan fingerprint density at radius 3 is 2.70 bits per heavy atom. The second kappa shape index (κ2) is 7.53. The van der Waals surface area contributed by atoms with Crippen LogP contribution in [0.1, 0.15) is 25.7 Å². The fraction of sp³-hybridized carbons (Fsp3) is 0.316. The third-order valence-electron chi connectivity index (χ3n) is 4.56. The number of rotatable bonds is 5. The van der Waals surface area contributed by atoms with Crippen molar-refractivity contribution in [2.45, 2.75) is 38.3 Å². The molecule has 8 heteroatoms. The largest absolute Gasteiger partial charge is 0.352 e. The number of hydrogen-bond acceptors (Lipinski definition) is 6. The molecule has 0 spiro atoms. The molecule has 138 valence electrons. The number of nitrogens with zero attached hydrogens (tertiary/aromatic N) is 4. The van der Waals surface area contributed by atoms with Crippen molar-refractivity contribution in [1.82, 2.24) is 25.2 Å². The van der Waals surface area contributed by atoms with Crippen LogP contribution in [-0.4, -0.2) is 31.9 Å². The summed E-state index contributed by atoms with van der Waals surface area (Å²) in [6.45, 7) is -0.136. The van der Waals surface area contributed by atoms with Gasteiger partial charge in [-0.25, -0.2) is 4.68 Å². The van der Waals surface area contributed by atoms with Crippen LogP contribution in [0.3, 0.4) is 0 Å². The summed E-state index contributed by atoms with van der Waals surface area (Å²) >= 11 is 0. The molecule has 0 radical (unpaired) electrons. The van der Waals surface area contributed by atoms with Gasteiger partial charge in [0.15, 0.2) is 0 Å². The minimum Gasteiger partial charge on any atom is -0.352 e. The molecule has 1 aromatic carbocycles. The lowest BCUT2D eigenvalue weighted by atomic mass is 10.2. The van der Waals surface area contributed by atoms with E-state index in [9.17, 15) is 9.59 Å². The van der Waals surface area contributed by atoms with Crippen molar-refractivity contribution in [3.05, 3.63) is 52.8 Å². The van der Waals surface area contributed by atoms with E-state index in [2.05, 4.69) is 20.6 Å². The highest BCUT2D eigenvalue weighted by Crippen LogP contribution is 2.20. The highest BCUT2D eigenvalue weighted by molar-refractivity contribution is 5.76. The van der Waals surface area contributed by atoms with Crippen molar-refractivity contribution in [2.75, 3.05) is 0 Å². The van der Waals surface area contributed by atoms with E-state index in [4.69, 9.17) is 4.52 Å². The monoisotopic (exact) mass is 365 g/mol. The fourth-order valence-electron chi connectivity index (χ4n) is 3.19. The SMILES string of the molecule is O=C(Cn1nc(-c2nc(-c3ccccc3)no2)ccc1=O)NC1CCCC1. The van der Waals surface area contributed by atoms with Gasteiger partial charge in [0.25, 0.3) is 11.4 Å². The van der Waals surface area contributed by atoms with Crippen molar-refractivity contribution in [3.63, 3.8) is 0 Å². The molecule has 1 amide bonds. The van der Waals surface area contributed by atoms with E-state index in [0.29, 0.717) is 11.5 Å². The van der Waals surface area contributed by atoms with Crippen LogP contribution in [0.15, 0.2) is 51.8 Å². The van der Waals surface area contributed by atoms with Crippen molar-refractivity contribution < 1.29 is 9.32 Å². The standard InChI is InChI=1S/C19H19N5O3/c25-16(20-14-8-4-5-9-14)12-24-17(26)11-10-15(22-24)19-21-18(23-27-19)13-6-2-1-3-7-13/h1-3,6-7,10-11,14H,4-5,8-9,12H2,(H,20,25). The normalized spacial score (nSPS) is 14.4. The van der Waals surface area contributed by atoms with E-state index in [-0.39, 0.29) is 29.9 Å². The molecule has 0 atom stereocenters. The number of carbonyl (C=O) groups excluding carboxylic acids is 1. The summed E-state index contributed by atoms with van der Waals surface area (Å²) in [6.07, 6.45) is 4.22. The Morgan fingerprint density at radius 2 is 1.93 bits per heavy atom. The topological polar surface area (TPSA) is 103 Å². The molecule has 8 nitrogen and oxygen atoms in total. The van der Waals surface area contributed by atoms with Gasteiger partial charge in [-0.05, 0) is 18.9 Å². The first-order chi connectivity index (χ1) is 13.2. The summed E-state index contributed by atoms with van der Waals surface area (Å²) < 4.78 is 6.39. The zero-order valence-electron chi connectivity index (χ0n) is 14.7. The van der Waals surface area contributed by atoms with Crippen LogP contribution in [-0.2, 0) is 11.3 Å². The average molecular weight is 365 g/mol. The minimum atomic E-state index is -0.358. The Kier molecular flexibility index (Phi) is 4.78. The summed E-state index contributed by atoms with van der Waals surface area (Å²) in [5.41, 5.74) is 0.804. The van der Waals surface area contributed by atoms with Gasteiger partial charge in [0.05, 0.1) is 0 Å². The summed E-state index contributed by atoms with van der Waals surface area (Å²) in [6, 6.07) is 12.5. The summed E-state index contributed by atoms with van der Waals surface area (Å²) in [5.74, 6) is 0.409. The smallest absolute Gasteiger partial charge is 0.278 e. The molecule has 1 N–H and O–H groups in total. The molecule has 0 bridgehead atoms. The molecular weight excluding hydrogens is 346 g/mol. The molecule has 1 aliphatic carbocycles. The molecule has 3 aromatic rings. The van der Waals surface area contributed by atoms with Crippen LogP contribution in [0.4, 0.5) is 0 Å². The molecule has 1 fully saturated rings. The van der Waals surface area contributed by atoms with Gasteiger partial charge < -0.3 is 9.84 Å². The Hall–Kier alpha value is -3.29. The number of aromatic nitrogens is 4. The van der Waals surface area contributed by atoms with Gasteiger partial charge >= 0.3 is 0 Å². The maximum atomic E-state index is 12.2. The van der Waals surface area contributed by atoms with E-state index >= 15 is 0 Å². The van der Waals surface area contributed by atoms with E-state index in [0.717, 1.165) is 35.9 Å². The third-order valence-corrected chi connectivity index (χ3v) is 4.56. The van der Waals surface area contributed by atoms with Crippen molar-refractivity contribution in [2.24, 2.45) is 0 Å². The highest BCUT2D eigenvalue weighted by atomic mass is 16.5. The minimum absolute atomic E-state index is 0.136. The number of benzene rings is 1. The van der Waals surface area contributed by atoms with Crippen LogP contribution < -0.4 is 10.9 Å². The lowest BCUT2D eigenvalue weighted by molar-refractivity contribution is -0.122. The Labute approximate surface area is 155 Å². The second-order valence-corrected chi connectivity index (χ2v) is 6.55. The van der Waals surface area contributed by atoms with Gasteiger partial charge in [0, 0.05) is 17.7 Å². The Balaban J connectivity index is 1.53. The van der Waals surface area contributed by atoms with Crippen molar-refractivity contribution in [3.8, 4) is 23.0 Å². The van der Waals surface area contributed by atoms with Crippen LogP contribution in [0.2, 0.25) is 0 Å². The fourth-order valence-corrected chi connectivity index (χ4v) is 3.19. The quantitative estimate of drug-likeness (QED) is 0.742. The van der Waals surface area contributed by atoms with E-state index in [1.54, 1.807) is 0 Å². The van der Waals surface area contributed by atoms with Crippen molar-refractivity contribution in [1.29, 1.82) is 0 Å². The molecule has 27 heavy (non-hydrogen) atoms. The van der Waals surface area contributed by atoms with E-state index in [1.807, 2.05) is 30.3 Å².